The summed E-state index contributed by atoms with van der Waals surface area (Å²) >= 11 is 6.26. The molecule has 6 heteroatoms. The zero-order valence-electron chi connectivity index (χ0n) is 18.7. The van der Waals surface area contributed by atoms with Gasteiger partial charge in [0.1, 0.15) is 5.82 Å². The van der Waals surface area contributed by atoms with Crippen LogP contribution in [0, 0.1) is 11.7 Å². The molecule has 174 valence electrons. The first-order valence-corrected chi connectivity index (χ1v) is 11.5. The maximum Gasteiger partial charge on any atom is 0.313 e. The van der Waals surface area contributed by atoms with Gasteiger partial charge in [-0.3, -0.25) is 9.59 Å². The van der Waals surface area contributed by atoms with E-state index >= 15 is 0 Å². The Morgan fingerprint density at radius 3 is 2.15 bits per heavy atom. The maximum absolute atomic E-state index is 13.6. The molecule has 3 unspecified atom stereocenters. The third-order valence-corrected chi connectivity index (χ3v) is 6.48. The van der Waals surface area contributed by atoms with E-state index < -0.39 is 23.6 Å². The van der Waals surface area contributed by atoms with Gasteiger partial charge in [0, 0.05) is 11.1 Å². The van der Waals surface area contributed by atoms with Crippen LogP contribution in [-0.2, 0) is 14.3 Å². The molecule has 4 nitrogen and oxygen atoms in total. The largest absolute Gasteiger partial charge is 0.469 e. The maximum atomic E-state index is 13.6. The van der Waals surface area contributed by atoms with Crippen molar-refractivity contribution in [1.82, 2.24) is 5.32 Å². The highest BCUT2D eigenvalue weighted by molar-refractivity contribution is 6.31. The molecule has 1 aliphatic rings. The molecule has 0 saturated heterocycles. The highest BCUT2D eigenvalue weighted by Gasteiger charge is 2.36. The van der Waals surface area contributed by atoms with E-state index in [0.717, 1.165) is 11.1 Å². The topological polar surface area (TPSA) is 55.4 Å². The van der Waals surface area contributed by atoms with Gasteiger partial charge in [-0.05, 0) is 41.2 Å². The quantitative estimate of drug-likeness (QED) is 0.354. The highest BCUT2D eigenvalue weighted by Crippen LogP contribution is 2.38. The van der Waals surface area contributed by atoms with Crippen molar-refractivity contribution in [3.63, 3.8) is 0 Å². The second-order valence-electron chi connectivity index (χ2n) is 8.32. The van der Waals surface area contributed by atoms with Crippen molar-refractivity contribution >= 4 is 23.5 Å². The summed E-state index contributed by atoms with van der Waals surface area (Å²) in [5.41, 5.74) is 2.30. The zero-order valence-corrected chi connectivity index (χ0v) is 19.4. The smallest absolute Gasteiger partial charge is 0.313 e. The number of ether oxygens (including phenoxy) is 1. The van der Waals surface area contributed by atoms with Gasteiger partial charge in [-0.1, -0.05) is 90.5 Å². The summed E-state index contributed by atoms with van der Waals surface area (Å²) in [5, 5.41) is 3.29. The fraction of sp³-hybridized carbons (Fsp3) is 0.214. The molecule has 0 saturated carbocycles. The molecule has 0 spiro atoms. The molecule has 0 bridgehead atoms. The van der Waals surface area contributed by atoms with Crippen LogP contribution < -0.4 is 5.32 Å². The Hall–Kier alpha value is -3.44. The number of carbonyl (C=O) groups excluding carboxylic acids is 2. The number of nitrogens with one attached hydrogen (secondary N) is 1. The van der Waals surface area contributed by atoms with E-state index in [9.17, 15) is 14.0 Å². The Bertz CT molecular complexity index is 1140. The van der Waals surface area contributed by atoms with E-state index in [1.54, 1.807) is 0 Å². The van der Waals surface area contributed by atoms with Gasteiger partial charge < -0.3 is 10.1 Å². The molecule has 0 aromatic heterocycles. The Kier molecular flexibility index (Phi) is 7.43. The fourth-order valence-electron chi connectivity index (χ4n) is 4.55. The number of hydrogen-bond donors (Lipinski definition) is 1. The van der Waals surface area contributed by atoms with E-state index in [2.05, 4.69) is 5.32 Å². The van der Waals surface area contributed by atoms with Crippen LogP contribution in [0.3, 0.4) is 0 Å². The van der Waals surface area contributed by atoms with Crippen molar-refractivity contribution in [3.8, 4) is 0 Å². The summed E-state index contributed by atoms with van der Waals surface area (Å²) in [5.74, 6) is -2.47. The number of esters is 1. The molecule has 0 aliphatic heterocycles. The SMILES string of the molecule is COC(=O)C(c1ccc(F)cc1Cl)C1C=CC(NC(=O)C(c2ccccc2)c2ccccc2)C1. The van der Waals surface area contributed by atoms with Crippen LogP contribution in [0.15, 0.2) is 91.0 Å². The van der Waals surface area contributed by atoms with E-state index in [4.69, 9.17) is 16.3 Å². The number of benzene rings is 3. The Morgan fingerprint density at radius 1 is 0.971 bits per heavy atom. The summed E-state index contributed by atoms with van der Waals surface area (Å²) in [7, 11) is 1.31. The molecule has 4 rings (SSSR count). The van der Waals surface area contributed by atoms with E-state index in [1.165, 1.54) is 25.3 Å². The average molecular weight is 478 g/mol. The van der Waals surface area contributed by atoms with Crippen molar-refractivity contribution in [1.29, 1.82) is 0 Å². The summed E-state index contributed by atoms with van der Waals surface area (Å²) in [6, 6.07) is 23.0. The third-order valence-electron chi connectivity index (χ3n) is 6.15. The van der Waals surface area contributed by atoms with Crippen LogP contribution in [0.4, 0.5) is 4.39 Å². The van der Waals surface area contributed by atoms with Gasteiger partial charge in [-0.25, -0.2) is 4.39 Å². The van der Waals surface area contributed by atoms with Crippen molar-refractivity contribution in [3.05, 3.63) is 119 Å². The van der Waals surface area contributed by atoms with Crippen LogP contribution in [0.2, 0.25) is 5.02 Å². The van der Waals surface area contributed by atoms with Crippen LogP contribution in [0.1, 0.15) is 34.9 Å². The molecule has 3 aromatic carbocycles. The van der Waals surface area contributed by atoms with Gasteiger partial charge >= 0.3 is 5.97 Å². The van der Waals surface area contributed by atoms with E-state index in [-0.39, 0.29) is 22.9 Å². The summed E-state index contributed by atoms with van der Waals surface area (Å²) < 4.78 is 18.6. The predicted molar refractivity (Wildman–Crippen MR) is 130 cm³/mol. The highest BCUT2D eigenvalue weighted by atomic mass is 35.5. The monoisotopic (exact) mass is 477 g/mol. The summed E-state index contributed by atoms with van der Waals surface area (Å²) in [6.07, 6.45) is 4.28. The number of rotatable bonds is 7. The molecule has 0 heterocycles. The first-order valence-electron chi connectivity index (χ1n) is 11.1. The summed E-state index contributed by atoms with van der Waals surface area (Å²) in [6.45, 7) is 0. The van der Waals surface area contributed by atoms with Gasteiger partial charge in [0.25, 0.3) is 0 Å². The van der Waals surface area contributed by atoms with Gasteiger partial charge in [-0.2, -0.15) is 0 Å². The van der Waals surface area contributed by atoms with Crippen molar-refractivity contribution in [2.24, 2.45) is 5.92 Å². The van der Waals surface area contributed by atoms with Gasteiger partial charge in [0.2, 0.25) is 5.91 Å². The lowest BCUT2D eigenvalue weighted by atomic mass is 9.85. The van der Waals surface area contributed by atoms with Gasteiger partial charge in [0.05, 0.1) is 18.9 Å². The first kappa shape index (κ1) is 23.7. The lowest BCUT2D eigenvalue weighted by Gasteiger charge is -2.24. The van der Waals surface area contributed by atoms with Crippen molar-refractivity contribution in [2.45, 2.75) is 24.3 Å². The molecule has 3 atom stereocenters. The van der Waals surface area contributed by atoms with Crippen molar-refractivity contribution in [2.75, 3.05) is 7.11 Å². The molecule has 1 aliphatic carbocycles. The van der Waals surface area contributed by atoms with E-state index in [0.29, 0.717) is 12.0 Å². The predicted octanol–water partition coefficient (Wildman–Crippen LogP) is 5.63. The van der Waals surface area contributed by atoms with Crippen LogP contribution in [-0.4, -0.2) is 25.0 Å². The lowest BCUT2D eigenvalue weighted by molar-refractivity contribution is -0.143. The van der Waals surface area contributed by atoms with Crippen LogP contribution in [0.25, 0.3) is 0 Å². The number of carbonyl (C=O) groups is 2. The Balaban J connectivity index is 1.53. The number of allylic oxidation sites excluding steroid dienone is 1. The molecular formula is C28H25ClFNO3. The molecule has 0 fully saturated rings. The van der Waals surface area contributed by atoms with Gasteiger partial charge in [0.15, 0.2) is 0 Å². The Morgan fingerprint density at radius 2 is 1.59 bits per heavy atom. The minimum absolute atomic E-state index is 0.123. The van der Waals surface area contributed by atoms with Gasteiger partial charge in [-0.15, -0.1) is 0 Å². The minimum Gasteiger partial charge on any atom is -0.469 e. The molecule has 34 heavy (non-hydrogen) atoms. The average Bonchev–Trinajstić information content (AvgIpc) is 3.29. The first-order chi connectivity index (χ1) is 16.5. The second kappa shape index (κ2) is 10.7. The zero-order chi connectivity index (χ0) is 24.1. The lowest BCUT2D eigenvalue weighted by Crippen LogP contribution is -2.37. The van der Waals surface area contributed by atoms with Crippen LogP contribution in [0.5, 0.6) is 0 Å². The molecular weight excluding hydrogens is 453 g/mol. The standard InChI is InChI=1S/C28H25ClFNO3/c1-34-28(33)26(23-15-13-21(30)17-24(23)29)20-12-14-22(16-20)31-27(32)25(18-8-4-2-5-9-18)19-10-6-3-7-11-19/h2-15,17,20,22,25-26H,16H2,1H3,(H,31,32). The number of amides is 1. The minimum atomic E-state index is -0.699. The number of hydrogen-bond acceptors (Lipinski definition) is 3. The molecule has 0 radical (unpaired) electrons. The molecule has 3 aromatic rings. The Labute approximate surface area is 203 Å². The molecule has 1 N–H and O–H groups in total. The van der Waals surface area contributed by atoms with Crippen LogP contribution >= 0.6 is 11.6 Å². The third kappa shape index (κ3) is 5.20. The van der Waals surface area contributed by atoms with E-state index in [1.807, 2.05) is 72.8 Å². The summed E-state index contributed by atoms with van der Waals surface area (Å²) in [4.78, 5) is 26.1. The fourth-order valence-corrected chi connectivity index (χ4v) is 4.83. The van der Waals surface area contributed by atoms with Crippen molar-refractivity contribution < 1.29 is 18.7 Å². The number of halogens is 2. The molecule has 1 amide bonds. The normalized spacial score (nSPS) is 18.0. The second-order valence-corrected chi connectivity index (χ2v) is 8.73. The number of methoxy groups -OCH3 is 1.